The quantitative estimate of drug-likeness (QED) is 0.329. The number of benzene rings is 3. The van der Waals surface area contributed by atoms with Crippen molar-refractivity contribution < 1.29 is 14.0 Å². The third-order valence-corrected chi connectivity index (χ3v) is 5.97. The van der Waals surface area contributed by atoms with Gasteiger partial charge in [-0.3, -0.25) is 14.6 Å². The second kappa shape index (κ2) is 12.1. The summed E-state index contributed by atoms with van der Waals surface area (Å²) >= 11 is 6.00. The maximum absolute atomic E-state index is 13.7. The predicted octanol–water partition coefficient (Wildman–Crippen LogP) is 5.50. The van der Waals surface area contributed by atoms with Crippen LogP contribution in [-0.2, 0) is 29.1 Å². The van der Waals surface area contributed by atoms with Crippen LogP contribution in [0.4, 0.5) is 4.39 Å². The third-order valence-electron chi connectivity index (χ3n) is 5.72. The van der Waals surface area contributed by atoms with Crippen molar-refractivity contribution >= 4 is 23.4 Å². The topological polar surface area (TPSA) is 62.3 Å². The normalized spacial score (nSPS) is 11.5. The minimum Gasteiger partial charge on any atom is -0.350 e. The molecular weight excluding hydrogens is 477 g/mol. The number of halogens is 2. The van der Waals surface area contributed by atoms with Gasteiger partial charge in [0.15, 0.2) is 0 Å². The Hall–Kier alpha value is -4.03. The van der Waals surface area contributed by atoms with Gasteiger partial charge >= 0.3 is 0 Å². The van der Waals surface area contributed by atoms with Crippen molar-refractivity contribution in [3.05, 3.63) is 136 Å². The fourth-order valence-corrected chi connectivity index (χ4v) is 4.01. The maximum atomic E-state index is 13.7. The summed E-state index contributed by atoms with van der Waals surface area (Å²) in [6.07, 6.45) is 3.43. The number of nitrogens with zero attached hydrogens (tertiary/aromatic N) is 2. The van der Waals surface area contributed by atoms with E-state index in [1.54, 1.807) is 54.9 Å². The predicted molar refractivity (Wildman–Crippen MR) is 137 cm³/mol. The largest absolute Gasteiger partial charge is 0.350 e. The first-order chi connectivity index (χ1) is 17.5. The summed E-state index contributed by atoms with van der Waals surface area (Å²) in [4.78, 5) is 32.9. The van der Waals surface area contributed by atoms with Crippen molar-refractivity contribution in [3.8, 4) is 0 Å². The minimum absolute atomic E-state index is 0.0809. The van der Waals surface area contributed by atoms with Crippen LogP contribution >= 0.6 is 11.6 Å². The van der Waals surface area contributed by atoms with E-state index in [1.165, 1.54) is 17.0 Å². The van der Waals surface area contributed by atoms with Crippen LogP contribution in [0.25, 0.3) is 0 Å². The van der Waals surface area contributed by atoms with E-state index in [2.05, 4.69) is 10.3 Å². The van der Waals surface area contributed by atoms with Crippen LogP contribution in [0, 0.1) is 5.82 Å². The van der Waals surface area contributed by atoms with Crippen LogP contribution < -0.4 is 5.32 Å². The van der Waals surface area contributed by atoms with E-state index in [0.717, 1.165) is 11.1 Å². The lowest BCUT2D eigenvalue weighted by Crippen LogP contribution is -2.43. The van der Waals surface area contributed by atoms with Crippen LogP contribution in [0.15, 0.2) is 103 Å². The number of rotatable bonds is 9. The lowest BCUT2D eigenvalue weighted by molar-refractivity contribution is -0.141. The number of hydrogen-bond donors (Lipinski definition) is 1. The van der Waals surface area contributed by atoms with Crippen molar-refractivity contribution in [1.82, 2.24) is 15.2 Å². The molecule has 4 aromatic rings. The van der Waals surface area contributed by atoms with Crippen molar-refractivity contribution in [2.75, 3.05) is 0 Å². The number of aromatic nitrogens is 1. The lowest BCUT2D eigenvalue weighted by Gasteiger charge is -2.32. The fraction of sp³-hybridized carbons (Fsp3) is 0.138. The molecular formula is C29H25ClFN3O2. The van der Waals surface area contributed by atoms with Gasteiger partial charge in [0.2, 0.25) is 11.8 Å². The van der Waals surface area contributed by atoms with Crippen molar-refractivity contribution in [2.24, 2.45) is 0 Å². The highest BCUT2D eigenvalue weighted by Crippen LogP contribution is 2.25. The molecule has 4 rings (SSSR count). The Morgan fingerprint density at radius 3 is 2.22 bits per heavy atom. The van der Waals surface area contributed by atoms with E-state index < -0.39 is 6.04 Å². The van der Waals surface area contributed by atoms with Gasteiger partial charge in [-0.1, -0.05) is 72.3 Å². The Bertz CT molecular complexity index is 1280. The summed E-state index contributed by atoms with van der Waals surface area (Å²) in [5.41, 5.74) is 3.00. The zero-order chi connectivity index (χ0) is 25.3. The molecule has 7 heteroatoms. The molecule has 1 N–H and O–H groups in total. The summed E-state index contributed by atoms with van der Waals surface area (Å²) in [5.74, 6) is -0.935. The molecule has 0 unspecified atom stereocenters. The molecule has 0 spiro atoms. The Kier molecular flexibility index (Phi) is 8.42. The van der Waals surface area contributed by atoms with E-state index in [-0.39, 0.29) is 37.1 Å². The maximum Gasteiger partial charge on any atom is 0.247 e. The summed E-state index contributed by atoms with van der Waals surface area (Å²) in [6.45, 7) is 0.401. The fourth-order valence-electron chi connectivity index (χ4n) is 3.89. The van der Waals surface area contributed by atoms with Crippen molar-refractivity contribution in [1.29, 1.82) is 0 Å². The van der Waals surface area contributed by atoms with Crippen LogP contribution in [-0.4, -0.2) is 21.7 Å². The molecule has 0 bridgehead atoms. The molecule has 0 aliphatic carbocycles. The SMILES string of the molecule is O=C(NCc1cccnc1)[C@H](c1ccccc1)N(Cc1ccc(F)cc1)C(=O)Cc1ccc(Cl)cc1. The van der Waals surface area contributed by atoms with Crippen molar-refractivity contribution in [2.45, 2.75) is 25.6 Å². The Balaban J connectivity index is 1.67. The van der Waals surface area contributed by atoms with Gasteiger partial charge in [0.05, 0.1) is 6.42 Å². The number of carbonyl (C=O) groups excluding carboxylic acids is 2. The van der Waals surface area contributed by atoms with E-state index >= 15 is 0 Å². The smallest absolute Gasteiger partial charge is 0.247 e. The zero-order valence-corrected chi connectivity index (χ0v) is 20.2. The molecule has 3 aromatic carbocycles. The third kappa shape index (κ3) is 6.77. The molecule has 2 amide bonds. The van der Waals surface area contributed by atoms with Crippen LogP contribution in [0.5, 0.6) is 0 Å². The monoisotopic (exact) mass is 501 g/mol. The van der Waals surface area contributed by atoms with Crippen LogP contribution in [0.2, 0.25) is 5.02 Å². The molecule has 0 radical (unpaired) electrons. The van der Waals surface area contributed by atoms with Gasteiger partial charge < -0.3 is 10.2 Å². The summed E-state index contributed by atoms with van der Waals surface area (Å²) in [6, 6.07) is 24.9. The van der Waals surface area contributed by atoms with Gasteiger partial charge in [-0.05, 0) is 52.6 Å². The first-order valence-corrected chi connectivity index (χ1v) is 11.9. The second-order valence-electron chi connectivity index (χ2n) is 8.34. The van der Waals surface area contributed by atoms with E-state index in [4.69, 9.17) is 11.6 Å². The highest BCUT2D eigenvalue weighted by Gasteiger charge is 2.31. The molecule has 1 heterocycles. The molecule has 1 aromatic heterocycles. The van der Waals surface area contributed by atoms with Gasteiger partial charge in [-0.2, -0.15) is 0 Å². The van der Waals surface area contributed by atoms with E-state index in [0.29, 0.717) is 16.1 Å². The highest BCUT2D eigenvalue weighted by atomic mass is 35.5. The van der Waals surface area contributed by atoms with Crippen LogP contribution in [0.1, 0.15) is 28.3 Å². The Morgan fingerprint density at radius 2 is 1.56 bits per heavy atom. The average molecular weight is 502 g/mol. The first-order valence-electron chi connectivity index (χ1n) is 11.5. The first kappa shape index (κ1) is 25.1. The van der Waals surface area contributed by atoms with Gasteiger partial charge in [0.1, 0.15) is 11.9 Å². The summed E-state index contributed by atoms with van der Waals surface area (Å²) in [5, 5.41) is 3.52. The van der Waals surface area contributed by atoms with E-state index in [9.17, 15) is 14.0 Å². The number of carbonyl (C=O) groups is 2. The number of amides is 2. The molecule has 0 saturated heterocycles. The molecule has 182 valence electrons. The number of pyridine rings is 1. The second-order valence-corrected chi connectivity index (χ2v) is 8.78. The number of nitrogens with one attached hydrogen (secondary N) is 1. The van der Waals surface area contributed by atoms with Gasteiger partial charge in [-0.25, -0.2) is 4.39 Å². The molecule has 0 aliphatic rings. The van der Waals surface area contributed by atoms with E-state index in [1.807, 2.05) is 36.4 Å². The number of hydrogen-bond acceptors (Lipinski definition) is 3. The molecule has 1 atom stereocenters. The molecule has 0 aliphatic heterocycles. The molecule has 0 saturated carbocycles. The van der Waals surface area contributed by atoms with Gasteiger partial charge in [0, 0.05) is 30.5 Å². The van der Waals surface area contributed by atoms with Crippen molar-refractivity contribution in [3.63, 3.8) is 0 Å². The Morgan fingerprint density at radius 1 is 0.861 bits per heavy atom. The molecule has 0 fully saturated rings. The van der Waals surface area contributed by atoms with Gasteiger partial charge in [0.25, 0.3) is 0 Å². The summed E-state index contributed by atoms with van der Waals surface area (Å²) < 4.78 is 13.6. The standard InChI is InChI=1S/C29H25ClFN3O2/c30-25-12-8-21(9-13-25)17-27(35)34(20-22-10-14-26(31)15-11-22)28(24-6-2-1-3-7-24)29(36)33-19-23-5-4-16-32-18-23/h1-16,18,28H,17,19-20H2,(H,33,36)/t28-/m0/s1. The summed E-state index contributed by atoms with van der Waals surface area (Å²) in [7, 11) is 0. The Labute approximate surface area is 214 Å². The van der Waals surface area contributed by atoms with Crippen LogP contribution in [0.3, 0.4) is 0 Å². The minimum atomic E-state index is -0.896. The van der Waals surface area contributed by atoms with Gasteiger partial charge in [-0.15, -0.1) is 0 Å². The molecule has 5 nitrogen and oxygen atoms in total. The lowest BCUT2D eigenvalue weighted by atomic mass is 10.0. The average Bonchev–Trinajstić information content (AvgIpc) is 2.91. The highest BCUT2D eigenvalue weighted by molar-refractivity contribution is 6.30. The molecule has 36 heavy (non-hydrogen) atoms. The zero-order valence-electron chi connectivity index (χ0n) is 19.5.